The fourth-order valence-electron chi connectivity index (χ4n) is 1.81. The summed E-state index contributed by atoms with van der Waals surface area (Å²) in [5, 5.41) is 0.971. The SMILES string of the molecule is Cc1cn(CCN)c2c(F)cccc12. The molecule has 0 aliphatic rings. The Labute approximate surface area is 82.1 Å². The average Bonchev–Trinajstić information content (AvgIpc) is 2.46. The molecule has 1 aromatic heterocycles. The molecule has 0 unspecified atom stereocenters. The molecule has 0 saturated carbocycles. The van der Waals surface area contributed by atoms with Crippen LogP contribution in [0.2, 0.25) is 0 Å². The molecule has 0 amide bonds. The molecule has 0 bridgehead atoms. The average molecular weight is 192 g/mol. The maximum atomic E-state index is 13.5. The van der Waals surface area contributed by atoms with Crippen molar-refractivity contribution in [2.75, 3.05) is 6.54 Å². The van der Waals surface area contributed by atoms with E-state index in [1.807, 2.05) is 23.8 Å². The minimum absolute atomic E-state index is 0.177. The summed E-state index contributed by atoms with van der Waals surface area (Å²) in [6.07, 6.45) is 1.95. The monoisotopic (exact) mass is 192 g/mol. The highest BCUT2D eigenvalue weighted by atomic mass is 19.1. The lowest BCUT2D eigenvalue weighted by molar-refractivity contribution is 0.622. The summed E-state index contributed by atoms with van der Waals surface area (Å²) < 4.78 is 15.4. The first kappa shape index (κ1) is 9.21. The van der Waals surface area contributed by atoms with Crippen LogP contribution in [0.4, 0.5) is 4.39 Å². The van der Waals surface area contributed by atoms with Gasteiger partial charge in [-0.05, 0) is 18.6 Å². The van der Waals surface area contributed by atoms with Gasteiger partial charge in [-0.3, -0.25) is 0 Å². The molecule has 0 radical (unpaired) electrons. The second-order valence-electron chi connectivity index (χ2n) is 3.43. The van der Waals surface area contributed by atoms with Crippen LogP contribution >= 0.6 is 0 Å². The van der Waals surface area contributed by atoms with Crippen molar-refractivity contribution in [2.24, 2.45) is 5.73 Å². The van der Waals surface area contributed by atoms with E-state index in [4.69, 9.17) is 5.73 Å². The summed E-state index contributed by atoms with van der Waals surface area (Å²) in [5.74, 6) is -0.177. The van der Waals surface area contributed by atoms with E-state index in [1.54, 1.807) is 6.07 Å². The van der Waals surface area contributed by atoms with Crippen LogP contribution in [0.25, 0.3) is 10.9 Å². The van der Waals surface area contributed by atoms with Gasteiger partial charge in [-0.1, -0.05) is 12.1 Å². The number of rotatable bonds is 2. The van der Waals surface area contributed by atoms with Crippen molar-refractivity contribution in [2.45, 2.75) is 13.5 Å². The highest BCUT2D eigenvalue weighted by Gasteiger charge is 2.08. The van der Waals surface area contributed by atoms with Gasteiger partial charge in [0.1, 0.15) is 5.82 Å². The highest BCUT2D eigenvalue weighted by Crippen LogP contribution is 2.22. The Kier molecular flexibility index (Phi) is 2.25. The first-order valence-electron chi connectivity index (χ1n) is 4.68. The van der Waals surface area contributed by atoms with Crippen molar-refractivity contribution in [1.29, 1.82) is 0 Å². The zero-order chi connectivity index (χ0) is 10.1. The third-order valence-electron chi connectivity index (χ3n) is 2.42. The van der Waals surface area contributed by atoms with Crippen molar-refractivity contribution in [3.63, 3.8) is 0 Å². The molecule has 0 saturated heterocycles. The molecular formula is C11H13FN2. The van der Waals surface area contributed by atoms with Crippen LogP contribution in [-0.4, -0.2) is 11.1 Å². The van der Waals surface area contributed by atoms with Gasteiger partial charge in [-0.15, -0.1) is 0 Å². The van der Waals surface area contributed by atoms with Crippen LogP contribution in [0.3, 0.4) is 0 Å². The first-order chi connectivity index (χ1) is 6.74. The Morgan fingerprint density at radius 1 is 1.43 bits per heavy atom. The van der Waals surface area contributed by atoms with E-state index in [0.717, 1.165) is 10.9 Å². The van der Waals surface area contributed by atoms with E-state index in [2.05, 4.69) is 0 Å². The zero-order valence-corrected chi connectivity index (χ0v) is 8.13. The molecule has 0 spiro atoms. The van der Waals surface area contributed by atoms with E-state index in [1.165, 1.54) is 6.07 Å². The van der Waals surface area contributed by atoms with Crippen LogP contribution in [-0.2, 0) is 6.54 Å². The number of para-hydroxylation sites is 1. The molecule has 0 fully saturated rings. The number of halogens is 1. The van der Waals surface area contributed by atoms with Gasteiger partial charge in [0.25, 0.3) is 0 Å². The maximum absolute atomic E-state index is 13.5. The third-order valence-corrected chi connectivity index (χ3v) is 2.42. The molecule has 0 aliphatic carbocycles. The molecule has 0 aliphatic heterocycles. The van der Waals surface area contributed by atoms with E-state index in [9.17, 15) is 4.39 Å². The van der Waals surface area contributed by atoms with Crippen molar-refractivity contribution >= 4 is 10.9 Å². The molecule has 14 heavy (non-hydrogen) atoms. The Morgan fingerprint density at radius 2 is 2.21 bits per heavy atom. The van der Waals surface area contributed by atoms with Gasteiger partial charge in [0.05, 0.1) is 5.52 Å². The normalized spacial score (nSPS) is 11.1. The van der Waals surface area contributed by atoms with Crippen molar-refractivity contribution in [3.05, 3.63) is 35.8 Å². The van der Waals surface area contributed by atoms with Gasteiger partial charge in [-0.25, -0.2) is 4.39 Å². The molecule has 3 heteroatoms. The van der Waals surface area contributed by atoms with Gasteiger partial charge in [0.15, 0.2) is 0 Å². The number of hydrogen-bond donors (Lipinski definition) is 1. The van der Waals surface area contributed by atoms with Gasteiger partial charge in [0.2, 0.25) is 0 Å². The summed E-state index contributed by atoms with van der Waals surface area (Å²) in [6.45, 7) is 3.16. The molecular weight excluding hydrogens is 179 g/mol. The fraction of sp³-hybridized carbons (Fsp3) is 0.273. The number of nitrogens with two attached hydrogens (primary N) is 1. The lowest BCUT2D eigenvalue weighted by atomic mass is 10.2. The predicted molar refractivity (Wildman–Crippen MR) is 55.7 cm³/mol. The van der Waals surface area contributed by atoms with Crippen molar-refractivity contribution < 1.29 is 4.39 Å². The standard InChI is InChI=1S/C11H13FN2/c1-8-7-14(6-5-13)11-9(8)3-2-4-10(11)12/h2-4,7H,5-6,13H2,1H3. The van der Waals surface area contributed by atoms with Crippen LogP contribution in [0.5, 0.6) is 0 Å². The van der Waals surface area contributed by atoms with E-state index in [-0.39, 0.29) is 5.82 Å². The first-order valence-corrected chi connectivity index (χ1v) is 4.68. The predicted octanol–water partition coefficient (Wildman–Crippen LogP) is 2.05. The number of aromatic nitrogens is 1. The largest absolute Gasteiger partial charge is 0.344 e. The van der Waals surface area contributed by atoms with E-state index < -0.39 is 0 Å². The van der Waals surface area contributed by atoms with Crippen LogP contribution in [0, 0.1) is 12.7 Å². The molecule has 0 atom stereocenters. The van der Waals surface area contributed by atoms with Crippen molar-refractivity contribution in [3.8, 4) is 0 Å². The second kappa shape index (κ2) is 3.42. The molecule has 2 rings (SSSR count). The van der Waals surface area contributed by atoms with Gasteiger partial charge in [0, 0.05) is 24.7 Å². The molecule has 2 N–H and O–H groups in total. The lowest BCUT2D eigenvalue weighted by Crippen LogP contribution is -2.09. The zero-order valence-electron chi connectivity index (χ0n) is 8.13. The Bertz CT molecular complexity index is 460. The van der Waals surface area contributed by atoms with Gasteiger partial charge < -0.3 is 10.3 Å². The summed E-state index contributed by atoms with van der Waals surface area (Å²) in [7, 11) is 0. The molecule has 1 heterocycles. The summed E-state index contributed by atoms with van der Waals surface area (Å²) in [5.41, 5.74) is 7.22. The van der Waals surface area contributed by atoms with Crippen LogP contribution < -0.4 is 5.73 Å². The Hall–Kier alpha value is -1.35. The van der Waals surface area contributed by atoms with Crippen LogP contribution in [0.15, 0.2) is 24.4 Å². The quantitative estimate of drug-likeness (QED) is 0.775. The molecule has 1 aromatic carbocycles. The summed E-state index contributed by atoms with van der Waals surface area (Å²) >= 11 is 0. The number of benzene rings is 1. The number of aryl methyl sites for hydroxylation is 1. The minimum Gasteiger partial charge on any atom is -0.344 e. The summed E-state index contributed by atoms with van der Waals surface area (Å²) in [4.78, 5) is 0. The Balaban J connectivity index is 2.72. The number of fused-ring (bicyclic) bond motifs is 1. The Morgan fingerprint density at radius 3 is 2.93 bits per heavy atom. The van der Waals surface area contributed by atoms with Crippen LogP contribution in [0.1, 0.15) is 5.56 Å². The maximum Gasteiger partial charge on any atom is 0.147 e. The lowest BCUT2D eigenvalue weighted by Gasteiger charge is -2.02. The van der Waals surface area contributed by atoms with Gasteiger partial charge in [-0.2, -0.15) is 0 Å². The summed E-state index contributed by atoms with van der Waals surface area (Å²) in [6, 6.07) is 5.15. The van der Waals surface area contributed by atoms with Gasteiger partial charge >= 0.3 is 0 Å². The van der Waals surface area contributed by atoms with Crippen molar-refractivity contribution in [1.82, 2.24) is 4.57 Å². The topological polar surface area (TPSA) is 30.9 Å². The molecule has 2 nitrogen and oxygen atoms in total. The third kappa shape index (κ3) is 1.30. The molecule has 2 aromatic rings. The highest BCUT2D eigenvalue weighted by molar-refractivity contribution is 5.84. The smallest absolute Gasteiger partial charge is 0.147 e. The number of nitrogens with zero attached hydrogens (tertiary/aromatic N) is 1. The van der Waals surface area contributed by atoms with E-state index >= 15 is 0 Å². The molecule has 74 valence electrons. The minimum atomic E-state index is -0.177. The fourth-order valence-corrected chi connectivity index (χ4v) is 1.81. The second-order valence-corrected chi connectivity index (χ2v) is 3.43. The number of hydrogen-bond acceptors (Lipinski definition) is 1. The van der Waals surface area contributed by atoms with E-state index in [0.29, 0.717) is 18.6 Å².